The van der Waals surface area contributed by atoms with Crippen molar-refractivity contribution in [2.24, 2.45) is 0 Å². The minimum Gasteiger partial charge on any atom is -0.206 e. The summed E-state index contributed by atoms with van der Waals surface area (Å²) in [6, 6.07) is 15.2. The van der Waals surface area contributed by atoms with Gasteiger partial charge in [-0.15, -0.1) is 0 Å². The van der Waals surface area contributed by atoms with Gasteiger partial charge in [-0.1, -0.05) is 56.2 Å². The van der Waals surface area contributed by atoms with E-state index in [4.69, 9.17) is 5.26 Å². The Balaban J connectivity index is 1.61. The topological polar surface area (TPSA) is 23.8 Å². The molecule has 3 aromatic carbocycles. The maximum atomic E-state index is 15.3. The zero-order chi connectivity index (χ0) is 20.4. The number of nitrogens with zero attached hydrogens (tertiary/aromatic N) is 1. The lowest BCUT2D eigenvalue weighted by Crippen LogP contribution is -2.16. The van der Waals surface area contributed by atoms with Crippen molar-refractivity contribution < 1.29 is 8.78 Å². The number of halogens is 2. The Labute approximate surface area is 171 Å². The van der Waals surface area contributed by atoms with Crippen LogP contribution in [0.4, 0.5) is 8.78 Å². The highest BCUT2D eigenvalue weighted by Gasteiger charge is 2.26. The molecule has 0 amide bonds. The van der Waals surface area contributed by atoms with E-state index in [0.29, 0.717) is 35.8 Å². The molecular formula is C26H25F2N. The van der Waals surface area contributed by atoms with E-state index < -0.39 is 5.82 Å². The number of rotatable bonds is 5. The second-order valence-electron chi connectivity index (χ2n) is 8.10. The van der Waals surface area contributed by atoms with Gasteiger partial charge in [0.05, 0.1) is 5.56 Å². The second-order valence-corrected chi connectivity index (χ2v) is 8.10. The number of nitriles is 1. The van der Waals surface area contributed by atoms with Crippen molar-refractivity contribution in [1.29, 1.82) is 5.26 Å². The zero-order valence-electron chi connectivity index (χ0n) is 16.8. The van der Waals surface area contributed by atoms with E-state index in [1.165, 1.54) is 24.5 Å². The van der Waals surface area contributed by atoms with Gasteiger partial charge >= 0.3 is 0 Å². The SMILES string of the molecule is CCCCCc1ccc2c(F)c(C3CCc4c(ccc(C#N)c4F)C3)ccc2c1. The van der Waals surface area contributed by atoms with Crippen LogP contribution in [-0.2, 0) is 19.3 Å². The first-order chi connectivity index (χ1) is 14.1. The Morgan fingerprint density at radius 2 is 1.90 bits per heavy atom. The third kappa shape index (κ3) is 3.77. The molecule has 0 spiro atoms. The summed E-state index contributed by atoms with van der Waals surface area (Å²) in [6.07, 6.45) is 6.43. The maximum Gasteiger partial charge on any atom is 0.144 e. The van der Waals surface area contributed by atoms with Crippen molar-refractivity contribution in [3.05, 3.63) is 81.9 Å². The molecule has 0 radical (unpaired) electrons. The lowest BCUT2D eigenvalue weighted by atomic mass is 9.79. The first kappa shape index (κ1) is 19.6. The Bertz CT molecular complexity index is 1090. The van der Waals surface area contributed by atoms with Crippen LogP contribution in [0.2, 0.25) is 0 Å². The molecule has 1 aliphatic rings. The molecule has 0 bridgehead atoms. The number of hydrogen-bond donors (Lipinski definition) is 0. The van der Waals surface area contributed by atoms with Gasteiger partial charge in [-0.2, -0.15) is 5.26 Å². The van der Waals surface area contributed by atoms with Crippen LogP contribution in [0.3, 0.4) is 0 Å². The van der Waals surface area contributed by atoms with Crippen LogP contribution in [0.25, 0.3) is 10.8 Å². The van der Waals surface area contributed by atoms with E-state index >= 15 is 4.39 Å². The highest BCUT2D eigenvalue weighted by atomic mass is 19.1. The quantitative estimate of drug-likeness (QED) is 0.431. The fraction of sp³-hybridized carbons (Fsp3) is 0.346. The third-order valence-corrected chi connectivity index (χ3v) is 6.23. The molecule has 1 aliphatic carbocycles. The van der Waals surface area contributed by atoms with Gasteiger partial charge in [0.1, 0.15) is 17.7 Å². The highest BCUT2D eigenvalue weighted by Crippen LogP contribution is 2.37. The van der Waals surface area contributed by atoms with E-state index in [0.717, 1.165) is 23.8 Å². The summed E-state index contributed by atoms with van der Waals surface area (Å²) >= 11 is 0. The second kappa shape index (κ2) is 8.33. The average Bonchev–Trinajstić information content (AvgIpc) is 2.74. The molecule has 1 nitrogen and oxygen atoms in total. The Hall–Kier alpha value is -2.73. The molecule has 3 heteroatoms. The summed E-state index contributed by atoms with van der Waals surface area (Å²) in [5.74, 6) is -0.522. The van der Waals surface area contributed by atoms with Crippen LogP contribution in [0.5, 0.6) is 0 Å². The van der Waals surface area contributed by atoms with Gasteiger partial charge in [-0.3, -0.25) is 0 Å². The summed E-state index contributed by atoms with van der Waals surface area (Å²) in [7, 11) is 0. The molecule has 3 aromatic rings. The van der Waals surface area contributed by atoms with Crippen LogP contribution in [-0.4, -0.2) is 0 Å². The summed E-state index contributed by atoms with van der Waals surface area (Å²) in [4.78, 5) is 0. The van der Waals surface area contributed by atoms with Gasteiger partial charge in [0, 0.05) is 5.39 Å². The summed E-state index contributed by atoms with van der Waals surface area (Å²) in [5, 5.41) is 10.6. The molecule has 0 fully saturated rings. The van der Waals surface area contributed by atoms with Crippen molar-refractivity contribution in [3.63, 3.8) is 0 Å². The number of fused-ring (bicyclic) bond motifs is 2. The molecule has 1 unspecified atom stereocenters. The minimum absolute atomic E-state index is 0.0310. The predicted molar refractivity (Wildman–Crippen MR) is 113 cm³/mol. The fourth-order valence-electron chi connectivity index (χ4n) is 4.57. The molecule has 4 rings (SSSR count). The molecule has 1 atom stereocenters. The van der Waals surface area contributed by atoms with Crippen LogP contribution in [0.1, 0.15) is 66.3 Å². The van der Waals surface area contributed by atoms with Crippen molar-refractivity contribution in [3.8, 4) is 6.07 Å². The first-order valence-electron chi connectivity index (χ1n) is 10.5. The summed E-state index contributed by atoms with van der Waals surface area (Å²) in [5.41, 5.74) is 3.58. The molecule has 0 N–H and O–H groups in total. The molecular weight excluding hydrogens is 364 g/mol. The van der Waals surface area contributed by atoms with E-state index in [2.05, 4.69) is 13.0 Å². The fourth-order valence-corrected chi connectivity index (χ4v) is 4.57. The van der Waals surface area contributed by atoms with Gasteiger partial charge in [0.15, 0.2) is 0 Å². The van der Waals surface area contributed by atoms with E-state index in [-0.39, 0.29) is 17.3 Å². The molecule has 0 aromatic heterocycles. The lowest BCUT2D eigenvalue weighted by Gasteiger charge is -2.26. The smallest absolute Gasteiger partial charge is 0.144 e. The van der Waals surface area contributed by atoms with Crippen molar-refractivity contribution in [2.45, 2.75) is 57.8 Å². The number of hydrogen-bond acceptors (Lipinski definition) is 1. The van der Waals surface area contributed by atoms with Crippen LogP contribution in [0, 0.1) is 23.0 Å². The van der Waals surface area contributed by atoms with Gasteiger partial charge in [-0.25, -0.2) is 8.78 Å². The monoisotopic (exact) mass is 389 g/mol. The predicted octanol–water partition coefficient (Wildman–Crippen LogP) is 6.99. The molecule has 148 valence electrons. The van der Waals surface area contributed by atoms with Crippen LogP contribution >= 0.6 is 0 Å². The van der Waals surface area contributed by atoms with Gasteiger partial charge in [0.2, 0.25) is 0 Å². The maximum absolute atomic E-state index is 15.3. The first-order valence-corrected chi connectivity index (χ1v) is 10.5. The zero-order valence-corrected chi connectivity index (χ0v) is 16.8. The standard InChI is InChI=1S/C26H25F2N/c1-2-3-4-5-17-6-11-23-18(14-17)9-13-24(26(23)28)20-10-12-22-19(15-20)7-8-21(16-29)25(22)27/h6-9,11,13-14,20H,2-5,10,12,15H2,1H3. The lowest BCUT2D eigenvalue weighted by molar-refractivity contribution is 0.517. The Morgan fingerprint density at radius 1 is 1.03 bits per heavy atom. The van der Waals surface area contributed by atoms with E-state index in [1.807, 2.05) is 36.4 Å². The third-order valence-electron chi connectivity index (χ3n) is 6.23. The Kier molecular flexibility index (Phi) is 5.62. The van der Waals surface area contributed by atoms with Crippen molar-refractivity contribution in [1.82, 2.24) is 0 Å². The van der Waals surface area contributed by atoms with Gasteiger partial charge in [0.25, 0.3) is 0 Å². The largest absolute Gasteiger partial charge is 0.206 e. The van der Waals surface area contributed by atoms with Crippen molar-refractivity contribution >= 4 is 10.8 Å². The normalized spacial score (nSPS) is 15.9. The van der Waals surface area contributed by atoms with E-state index in [9.17, 15) is 4.39 Å². The molecule has 0 aliphatic heterocycles. The van der Waals surface area contributed by atoms with Gasteiger partial charge < -0.3 is 0 Å². The number of aryl methyl sites for hydroxylation is 1. The molecule has 29 heavy (non-hydrogen) atoms. The number of benzene rings is 3. The van der Waals surface area contributed by atoms with E-state index in [1.54, 1.807) is 0 Å². The Morgan fingerprint density at radius 3 is 2.69 bits per heavy atom. The van der Waals surface area contributed by atoms with Crippen LogP contribution in [0.15, 0.2) is 42.5 Å². The van der Waals surface area contributed by atoms with Crippen LogP contribution < -0.4 is 0 Å². The van der Waals surface area contributed by atoms with Crippen molar-refractivity contribution in [2.75, 3.05) is 0 Å². The minimum atomic E-state index is -0.405. The summed E-state index contributed by atoms with van der Waals surface area (Å²) in [6.45, 7) is 2.19. The molecule has 0 saturated carbocycles. The van der Waals surface area contributed by atoms with Gasteiger partial charge in [-0.05, 0) is 71.7 Å². The average molecular weight is 389 g/mol. The molecule has 0 heterocycles. The highest BCUT2D eigenvalue weighted by molar-refractivity contribution is 5.84. The molecule has 0 saturated heterocycles. The number of unbranched alkanes of at least 4 members (excludes halogenated alkanes) is 2. The summed E-state index contributed by atoms with van der Waals surface area (Å²) < 4.78 is 29.8.